The van der Waals surface area contributed by atoms with E-state index in [9.17, 15) is 9.32 Å². The van der Waals surface area contributed by atoms with Gasteiger partial charge in [0.2, 0.25) is 0 Å². The number of nitrogens with one attached hydrogen (secondary N) is 1. The standard InChI is InChI=1S/C13H21NO3S/c1-4-18(16)8-7-14-10(2)12-6-5-11(17-3)9-13(12)15/h5-6,9-10,14-15H,4,7-8H2,1-3H3. The van der Waals surface area contributed by atoms with Gasteiger partial charge in [-0.05, 0) is 13.0 Å². The topological polar surface area (TPSA) is 58.6 Å². The zero-order chi connectivity index (χ0) is 13.5. The fourth-order valence-electron chi connectivity index (χ4n) is 1.66. The lowest BCUT2D eigenvalue weighted by atomic mass is 10.1. The van der Waals surface area contributed by atoms with Gasteiger partial charge in [0.25, 0.3) is 0 Å². The van der Waals surface area contributed by atoms with Gasteiger partial charge in [-0.15, -0.1) is 0 Å². The van der Waals surface area contributed by atoms with Gasteiger partial charge in [0.15, 0.2) is 0 Å². The molecule has 0 saturated carbocycles. The minimum absolute atomic E-state index is 0.0183. The van der Waals surface area contributed by atoms with Crippen LogP contribution in [-0.2, 0) is 10.8 Å². The Morgan fingerprint density at radius 2 is 2.22 bits per heavy atom. The number of phenolic OH excluding ortho intramolecular Hbond substituents is 1. The second-order valence-corrected chi connectivity index (χ2v) is 5.90. The number of aromatic hydroxyl groups is 1. The third-order valence-electron chi connectivity index (χ3n) is 2.81. The zero-order valence-electron chi connectivity index (χ0n) is 11.1. The molecule has 4 nitrogen and oxygen atoms in total. The first-order valence-electron chi connectivity index (χ1n) is 6.03. The summed E-state index contributed by atoms with van der Waals surface area (Å²) in [5, 5.41) is 13.1. The normalized spacial score (nSPS) is 14.2. The van der Waals surface area contributed by atoms with Gasteiger partial charge >= 0.3 is 0 Å². The molecule has 5 heteroatoms. The van der Waals surface area contributed by atoms with E-state index in [1.807, 2.05) is 26.0 Å². The van der Waals surface area contributed by atoms with Crippen LogP contribution in [-0.4, -0.2) is 34.5 Å². The van der Waals surface area contributed by atoms with Crippen LogP contribution in [0.4, 0.5) is 0 Å². The van der Waals surface area contributed by atoms with Crippen molar-refractivity contribution in [2.75, 3.05) is 25.2 Å². The summed E-state index contributed by atoms with van der Waals surface area (Å²) in [6.45, 7) is 4.55. The van der Waals surface area contributed by atoms with Gasteiger partial charge in [0.1, 0.15) is 11.5 Å². The van der Waals surface area contributed by atoms with E-state index in [0.717, 1.165) is 5.56 Å². The fourth-order valence-corrected chi connectivity index (χ4v) is 2.29. The number of methoxy groups -OCH3 is 1. The summed E-state index contributed by atoms with van der Waals surface area (Å²) < 4.78 is 16.3. The number of ether oxygens (including phenoxy) is 1. The Balaban J connectivity index is 2.56. The van der Waals surface area contributed by atoms with Crippen LogP contribution >= 0.6 is 0 Å². The summed E-state index contributed by atoms with van der Waals surface area (Å²) in [6, 6.07) is 5.27. The Morgan fingerprint density at radius 3 is 2.78 bits per heavy atom. The molecule has 0 heterocycles. The molecule has 2 unspecified atom stereocenters. The third-order valence-corrected chi connectivity index (χ3v) is 4.11. The molecule has 0 aliphatic heterocycles. The summed E-state index contributed by atoms with van der Waals surface area (Å²) in [7, 11) is 0.810. The maximum Gasteiger partial charge on any atom is 0.124 e. The van der Waals surface area contributed by atoms with Crippen molar-refractivity contribution < 1.29 is 14.1 Å². The number of rotatable bonds is 7. The van der Waals surface area contributed by atoms with Crippen LogP contribution in [0.25, 0.3) is 0 Å². The van der Waals surface area contributed by atoms with E-state index >= 15 is 0 Å². The van der Waals surface area contributed by atoms with E-state index in [4.69, 9.17) is 4.74 Å². The molecule has 0 bridgehead atoms. The SMILES string of the molecule is CCS(=O)CCNC(C)c1ccc(OC)cc1O. The lowest BCUT2D eigenvalue weighted by molar-refractivity contribution is 0.404. The molecule has 18 heavy (non-hydrogen) atoms. The van der Waals surface area contributed by atoms with Crippen LogP contribution in [0, 0.1) is 0 Å². The highest BCUT2D eigenvalue weighted by molar-refractivity contribution is 7.84. The molecular weight excluding hydrogens is 250 g/mol. The van der Waals surface area contributed by atoms with Crippen molar-refractivity contribution in [1.82, 2.24) is 5.32 Å². The highest BCUT2D eigenvalue weighted by Crippen LogP contribution is 2.28. The molecule has 0 radical (unpaired) electrons. The maximum absolute atomic E-state index is 11.3. The minimum Gasteiger partial charge on any atom is -0.507 e. The Kier molecular flexibility index (Phi) is 6.15. The van der Waals surface area contributed by atoms with Gasteiger partial charge in [-0.25, -0.2) is 0 Å². The van der Waals surface area contributed by atoms with Crippen LogP contribution in [0.5, 0.6) is 11.5 Å². The first kappa shape index (κ1) is 15.0. The largest absolute Gasteiger partial charge is 0.507 e. The highest BCUT2D eigenvalue weighted by atomic mass is 32.2. The van der Waals surface area contributed by atoms with E-state index < -0.39 is 10.8 Å². The van der Waals surface area contributed by atoms with Gasteiger partial charge in [-0.1, -0.05) is 13.0 Å². The molecule has 0 fully saturated rings. The molecule has 2 N–H and O–H groups in total. The first-order valence-corrected chi connectivity index (χ1v) is 7.52. The van der Waals surface area contributed by atoms with Crippen molar-refractivity contribution >= 4 is 10.8 Å². The Bertz CT molecular complexity index is 409. The van der Waals surface area contributed by atoms with Crippen LogP contribution in [0.3, 0.4) is 0 Å². The van der Waals surface area contributed by atoms with Gasteiger partial charge in [-0.3, -0.25) is 4.21 Å². The minimum atomic E-state index is -0.755. The lowest BCUT2D eigenvalue weighted by Gasteiger charge is -2.16. The third kappa shape index (κ3) is 4.31. The molecule has 0 spiro atoms. The maximum atomic E-state index is 11.3. The van der Waals surface area contributed by atoms with Gasteiger partial charge in [0, 0.05) is 46.5 Å². The molecule has 1 aromatic rings. The van der Waals surface area contributed by atoms with Crippen molar-refractivity contribution in [1.29, 1.82) is 0 Å². The molecule has 0 aliphatic carbocycles. The van der Waals surface area contributed by atoms with Crippen LogP contribution in [0.15, 0.2) is 18.2 Å². The average molecular weight is 271 g/mol. The van der Waals surface area contributed by atoms with E-state index in [1.165, 1.54) is 0 Å². The molecular formula is C13H21NO3S. The summed E-state index contributed by atoms with van der Waals surface area (Å²) in [4.78, 5) is 0. The van der Waals surface area contributed by atoms with E-state index in [1.54, 1.807) is 13.2 Å². The number of hydrogen-bond acceptors (Lipinski definition) is 4. The summed E-state index contributed by atoms with van der Waals surface area (Å²) in [6.07, 6.45) is 0. The number of phenols is 1. The van der Waals surface area contributed by atoms with Crippen molar-refractivity contribution in [3.05, 3.63) is 23.8 Å². The van der Waals surface area contributed by atoms with Crippen molar-refractivity contribution in [3.63, 3.8) is 0 Å². The van der Waals surface area contributed by atoms with Crippen molar-refractivity contribution in [3.8, 4) is 11.5 Å². The van der Waals surface area contributed by atoms with E-state index in [2.05, 4.69) is 5.32 Å². The predicted molar refractivity (Wildman–Crippen MR) is 74.6 cm³/mol. The molecule has 0 amide bonds. The van der Waals surface area contributed by atoms with E-state index in [-0.39, 0.29) is 11.8 Å². The summed E-state index contributed by atoms with van der Waals surface area (Å²) >= 11 is 0. The Labute approximate surface area is 111 Å². The number of benzene rings is 1. The van der Waals surface area contributed by atoms with Crippen LogP contribution in [0.2, 0.25) is 0 Å². The van der Waals surface area contributed by atoms with Crippen molar-refractivity contribution in [2.24, 2.45) is 0 Å². The first-order chi connectivity index (χ1) is 8.58. The quantitative estimate of drug-likeness (QED) is 0.794. The van der Waals surface area contributed by atoms with Crippen LogP contribution < -0.4 is 10.1 Å². The highest BCUT2D eigenvalue weighted by Gasteiger charge is 2.10. The predicted octanol–water partition coefficient (Wildman–Crippen LogP) is 1.82. The van der Waals surface area contributed by atoms with Gasteiger partial charge in [-0.2, -0.15) is 0 Å². The Hall–Kier alpha value is -1.07. The molecule has 0 aliphatic rings. The molecule has 1 aromatic carbocycles. The van der Waals surface area contributed by atoms with Gasteiger partial charge in [0.05, 0.1) is 7.11 Å². The zero-order valence-corrected chi connectivity index (χ0v) is 11.9. The average Bonchev–Trinajstić information content (AvgIpc) is 2.37. The number of hydrogen-bond donors (Lipinski definition) is 2. The summed E-state index contributed by atoms with van der Waals surface area (Å²) in [5.74, 6) is 2.17. The van der Waals surface area contributed by atoms with Gasteiger partial charge < -0.3 is 15.2 Å². The molecule has 2 atom stereocenters. The molecule has 102 valence electrons. The smallest absolute Gasteiger partial charge is 0.124 e. The monoisotopic (exact) mass is 271 g/mol. The molecule has 0 aromatic heterocycles. The molecule has 1 rings (SSSR count). The van der Waals surface area contributed by atoms with Crippen LogP contribution in [0.1, 0.15) is 25.5 Å². The second-order valence-electron chi connectivity index (χ2n) is 4.03. The second kappa shape index (κ2) is 7.38. The Morgan fingerprint density at radius 1 is 1.50 bits per heavy atom. The van der Waals surface area contributed by atoms with E-state index in [0.29, 0.717) is 23.8 Å². The van der Waals surface area contributed by atoms with Crippen molar-refractivity contribution in [2.45, 2.75) is 19.9 Å². The summed E-state index contributed by atoms with van der Waals surface area (Å²) in [5.41, 5.74) is 0.818. The fraction of sp³-hybridized carbons (Fsp3) is 0.538. The molecule has 0 saturated heterocycles. The lowest BCUT2D eigenvalue weighted by Crippen LogP contribution is -2.24.